The molecule has 6 rings (SSSR count). The Hall–Kier alpha value is -5.85. The van der Waals surface area contributed by atoms with Crippen LogP contribution in [0.4, 0.5) is 21.0 Å². The zero-order valence-electron chi connectivity index (χ0n) is 38.4. The van der Waals surface area contributed by atoms with Gasteiger partial charge >= 0.3 is 12.2 Å². The van der Waals surface area contributed by atoms with Gasteiger partial charge in [-0.25, -0.2) is 9.59 Å². The molecule has 0 spiro atoms. The molecule has 2 aliphatic heterocycles. The number of hydrogen-bond acceptors (Lipinski definition) is 11. The molecule has 0 saturated carbocycles. The highest BCUT2D eigenvalue weighted by atomic mass is 35.5. The van der Waals surface area contributed by atoms with Gasteiger partial charge in [0.05, 0.1) is 40.8 Å². The van der Waals surface area contributed by atoms with E-state index in [4.69, 9.17) is 55.9 Å². The fourth-order valence-corrected chi connectivity index (χ4v) is 9.52. The molecule has 2 heterocycles. The SMILES string of the molecule is CC(C)(C)OC(=O)N1CCN(C(=O)C=Cc2ccc(Sc3ccc(C=CC(=O)N4CCN(C(=O)OC(C)(C)C)CC4)c(-c4ccc(Cl)cc4Cl)c3[N+](=O)[O-])c([N+](=O)[O-])c2-c2ccc(Cl)cc2Cl)CC1. The van der Waals surface area contributed by atoms with Crippen LogP contribution in [0.3, 0.4) is 0 Å². The number of amides is 4. The van der Waals surface area contributed by atoms with E-state index in [9.17, 15) is 39.4 Å². The number of rotatable bonds is 10. The Morgan fingerprint density at radius 2 is 0.884 bits per heavy atom. The van der Waals surface area contributed by atoms with E-state index in [2.05, 4.69) is 0 Å². The quantitative estimate of drug-likeness (QED) is 0.0836. The molecule has 0 unspecified atom stereocenters. The van der Waals surface area contributed by atoms with Crippen LogP contribution in [0.5, 0.6) is 0 Å². The average molecular weight is 1040 g/mol. The first-order chi connectivity index (χ1) is 32.4. The van der Waals surface area contributed by atoms with Gasteiger partial charge < -0.3 is 29.1 Å². The molecule has 364 valence electrons. The summed E-state index contributed by atoms with van der Waals surface area (Å²) in [5, 5.41) is 27.2. The van der Waals surface area contributed by atoms with Crippen molar-refractivity contribution in [3.8, 4) is 22.3 Å². The van der Waals surface area contributed by atoms with E-state index in [-0.39, 0.29) is 116 Å². The van der Waals surface area contributed by atoms with Gasteiger partial charge in [-0.3, -0.25) is 29.8 Å². The molecule has 0 bridgehead atoms. The van der Waals surface area contributed by atoms with Crippen molar-refractivity contribution in [1.29, 1.82) is 0 Å². The average Bonchev–Trinajstić information content (AvgIpc) is 3.26. The first kappa shape index (κ1) is 52.5. The van der Waals surface area contributed by atoms with Crippen LogP contribution in [-0.4, -0.2) is 117 Å². The van der Waals surface area contributed by atoms with Gasteiger partial charge in [-0.05, 0) is 101 Å². The number of benzene rings is 4. The van der Waals surface area contributed by atoms with Gasteiger partial charge in [-0.15, -0.1) is 0 Å². The summed E-state index contributed by atoms with van der Waals surface area (Å²) in [6.07, 6.45) is 4.43. The number of nitro benzene ring substituents is 2. The standard InChI is InChI=1S/C48H48Cl4N6O10S/c1-47(2,3)67-45(61)55-23-19-53(20-24-55)39(59)17-9-29-7-15-37(43(57(63)64)41(29)33-13-11-31(49)27-35(33)51)69-38-16-8-30(42(44(38)58(65)66)34-14-12-32(50)28-36(34)52)10-18-40(60)54-21-25-56(26-22-54)46(62)68-48(4,5)6/h7-18,27-28H,19-26H2,1-6H3. The van der Waals surface area contributed by atoms with Crippen molar-refractivity contribution in [3.63, 3.8) is 0 Å². The number of hydrogen-bond donors (Lipinski definition) is 0. The van der Waals surface area contributed by atoms with Crippen molar-refractivity contribution in [2.75, 3.05) is 52.4 Å². The van der Waals surface area contributed by atoms with Gasteiger partial charge in [0, 0.05) is 85.7 Å². The minimum absolute atomic E-state index is 0.0111. The van der Waals surface area contributed by atoms with E-state index in [1.54, 1.807) is 63.5 Å². The predicted octanol–water partition coefficient (Wildman–Crippen LogP) is 11.8. The van der Waals surface area contributed by atoms with Crippen LogP contribution in [0.2, 0.25) is 20.1 Å². The molecule has 21 heteroatoms. The number of carbonyl (C=O) groups excluding carboxylic acids is 4. The Labute approximate surface area is 423 Å². The summed E-state index contributed by atoms with van der Waals surface area (Å²) in [5.74, 6) is -0.817. The van der Waals surface area contributed by atoms with Gasteiger partial charge in [0.2, 0.25) is 11.8 Å². The summed E-state index contributed by atoms with van der Waals surface area (Å²) in [4.78, 5) is 83.6. The van der Waals surface area contributed by atoms with E-state index >= 15 is 0 Å². The number of carbonyl (C=O) groups is 4. The Balaban J connectivity index is 1.37. The molecule has 2 aliphatic rings. The van der Waals surface area contributed by atoms with Crippen LogP contribution >= 0.6 is 58.2 Å². The summed E-state index contributed by atoms with van der Waals surface area (Å²) < 4.78 is 10.9. The Bertz CT molecular complexity index is 2570. The molecule has 2 fully saturated rings. The maximum absolute atomic E-state index is 13.5. The lowest BCUT2D eigenvalue weighted by atomic mass is 9.97. The molecule has 0 radical (unpaired) electrons. The Morgan fingerprint density at radius 3 is 1.19 bits per heavy atom. The molecule has 0 N–H and O–H groups in total. The molecule has 2 saturated heterocycles. The zero-order chi connectivity index (χ0) is 50.5. The molecule has 4 aromatic rings. The number of piperazine rings is 2. The predicted molar refractivity (Wildman–Crippen MR) is 268 cm³/mol. The van der Waals surface area contributed by atoms with Gasteiger partial charge in [0.1, 0.15) is 11.2 Å². The summed E-state index contributed by atoms with van der Waals surface area (Å²) >= 11 is 26.7. The monoisotopic (exact) mass is 1040 g/mol. The Morgan fingerprint density at radius 1 is 0.551 bits per heavy atom. The first-order valence-electron chi connectivity index (χ1n) is 21.5. The highest BCUT2D eigenvalue weighted by Gasteiger charge is 2.33. The van der Waals surface area contributed by atoms with Crippen molar-refractivity contribution < 1.29 is 38.5 Å². The van der Waals surface area contributed by atoms with E-state index in [1.807, 2.05) is 0 Å². The minimum Gasteiger partial charge on any atom is -0.444 e. The fraction of sp³-hybridized carbons (Fsp3) is 0.333. The molecule has 4 aromatic carbocycles. The lowest BCUT2D eigenvalue weighted by Gasteiger charge is -2.35. The van der Waals surface area contributed by atoms with Crippen molar-refractivity contribution in [2.45, 2.75) is 62.5 Å². The zero-order valence-corrected chi connectivity index (χ0v) is 42.3. The van der Waals surface area contributed by atoms with Gasteiger partial charge in [-0.2, -0.15) is 0 Å². The molecule has 0 aromatic heterocycles. The highest BCUT2D eigenvalue weighted by Crippen LogP contribution is 2.50. The number of halogens is 4. The molecule has 69 heavy (non-hydrogen) atoms. The molecular formula is C48H48Cl4N6O10S. The van der Waals surface area contributed by atoms with Gasteiger partial charge in [0.15, 0.2) is 0 Å². The lowest BCUT2D eigenvalue weighted by molar-refractivity contribution is -0.387. The minimum atomic E-state index is -0.686. The fourth-order valence-electron chi connectivity index (χ4n) is 7.45. The second kappa shape index (κ2) is 21.8. The normalized spacial score (nSPS) is 14.6. The van der Waals surface area contributed by atoms with Crippen LogP contribution in [0.15, 0.2) is 82.6 Å². The van der Waals surface area contributed by atoms with Crippen LogP contribution in [0.25, 0.3) is 34.4 Å². The summed E-state index contributed by atoms with van der Waals surface area (Å²) in [7, 11) is 0. The molecule has 0 aliphatic carbocycles. The summed E-state index contributed by atoms with van der Waals surface area (Å²) in [5.41, 5.74) is -1.41. The third-order valence-corrected chi connectivity index (χ3v) is 12.8. The second-order valence-electron chi connectivity index (χ2n) is 17.9. The highest BCUT2D eigenvalue weighted by molar-refractivity contribution is 7.99. The van der Waals surface area contributed by atoms with Crippen LogP contribution < -0.4 is 0 Å². The lowest BCUT2D eigenvalue weighted by Crippen LogP contribution is -2.51. The third-order valence-electron chi connectivity index (χ3n) is 10.6. The van der Waals surface area contributed by atoms with E-state index in [0.717, 1.165) is 11.8 Å². The smallest absolute Gasteiger partial charge is 0.410 e. The van der Waals surface area contributed by atoms with Crippen LogP contribution in [0.1, 0.15) is 52.7 Å². The molecule has 0 atom stereocenters. The molecule has 4 amide bonds. The largest absolute Gasteiger partial charge is 0.444 e. The van der Waals surface area contributed by atoms with E-state index in [0.29, 0.717) is 0 Å². The number of nitrogens with zero attached hydrogens (tertiary/aromatic N) is 6. The molecule has 16 nitrogen and oxygen atoms in total. The summed E-state index contributed by atoms with van der Waals surface area (Å²) in [6.45, 7) is 12.4. The first-order valence-corrected chi connectivity index (χ1v) is 23.8. The second-order valence-corrected chi connectivity index (χ2v) is 20.6. The van der Waals surface area contributed by atoms with Crippen LogP contribution in [-0.2, 0) is 19.1 Å². The van der Waals surface area contributed by atoms with Crippen LogP contribution in [0, 0.1) is 20.2 Å². The van der Waals surface area contributed by atoms with E-state index < -0.39 is 56.4 Å². The Kier molecular flexibility index (Phi) is 16.6. The maximum atomic E-state index is 13.5. The number of ether oxygens (including phenoxy) is 2. The van der Waals surface area contributed by atoms with E-state index in [1.165, 1.54) is 82.6 Å². The molecular weight excluding hydrogens is 994 g/mol. The topological polar surface area (TPSA) is 186 Å². The van der Waals surface area contributed by atoms with Gasteiger partial charge in [-0.1, -0.05) is 82.4 Å². The number of nitro groups is 2. The van der Waals surface area contributed by atoms with Crippen molar-refractivity contribution in [2.24, 2.45) is 0 Å². The van der Waals surface area contributed by atoms with Gasteiger partial charge in [0.25, 0.3) is 11.4 Å². The maximum Gasteiger partial charge on any atom is 0.410 e. The summed E-state index contributed by atoms with van der Waals surface area (Å²) in [6, 6.07) is 14.8. The van der Waals surface area contributed by atoms with Crippen molar-refractivity contribution in [1.82, 2.24) is 19.6 Å². The third kappa shape index (κ3) is 13.3. The van der Waals surface area contributed by atoms with Crippen molar-refractivity contribution in [3.05, 3.63) is 124 Å². The van der Waals surface area contributed by atoms with Crippen molar-refractivity contribution >= 4 is 106 Å².